The van der Waals surface area contributed by atoms with E-state index < -0.39 is 0 Å². The van der Waals surface area contributed by atoms with Crippen LogP contribution in [-0.2, 0) is 0 Å². The number of carbonyl (C=O) groups excluding carboxylic acids is 1. The molecule has 4 rings (SSSR count). The Labute approximate surface area is 149 Å². The molecule has 0 saturated carbocycles. The molecular formula is C18H20N6O2. The lowest BCUT2D eigenvalue weighted by Crippen LogP contribution is -2.31. The molecule has 1 aliphatic rings. The van der Waals surface area contributed by atoms with Crippen LogP contribution in [0.3, 0.4) is 0 Å². The van der Waals surface area contributed by atoms with E-state index in [0.29, 0.717) is 41.5 Å². The summed E-state index contributed by atoms with van der Waals surface area (Å²) in [6.45, 7) is 4.22. The fourth-order valence-electron chi connectivity index (χ4n) is 3.22. The molecule has 0 saturated heterocycles. The first-order chi connectivity index (χ1) is 12.7. The van der Waals surface area contributed by atoms with E-state index in [-0.39, 0.29) is 11.6 Å². The third-order valence-electron chi connectivity index (χ3n) is 4.54. The molecule has 3 aromatic rings. The van der Waals surface area contributed by atoms with Crippen LogP contribution in [0.1, 0.15) is 30.1 Å². The monoisotopic (exact) mass is 352 g/mol. The van der Waals surface area contributed by atoms with Gasteiger partial charge >= 0.3 is 5.69 Å². The molecule has 134 valence electrons. The number of nitrogens with zero attached hydrogens (tertiary/aromatic N) is 4. The molecule has 0 radical (unpaired) electrons. The number of anilines is 1. The molecule has 3 aromatic heterocycles. The molecule has 4 heterocycles. The van der Waals surface area contributed by atoms with Crippen LogP contribution in [0.2, 0.25) is 0 Å². The molecule has 0 aromatic carbocycles. The van der Waals surface area contributed by atoms with Crippen molar-refractivity contribution < 1.29 is 4.79 Å². The maximum atomic E-state index is 12.4. The van der Waals surface area contributed by atoms with Gasteiger partial charge in [-0.2, -0.15) is 0 Å². The highest BCUT2D eigenvalue weighted by atomic mass is 16.2. The molecule has 0 unspecified atom stereocenters. The Morgan fingerprint density at radius 1 is 1.23 bits per heavy atom. The number of hydrogen-bond acceptors (Lipinski definition) is 5. The third kappa shape index (κ3) is 2.73. The molecular weight excluding hydrogens is 332 g/mol. The quantitative estimate of drug-likeness (QED) is 0.741. The Hall–Kier alpha value is -3.16. The number of fused-ring (bicyclic) bond motifs is 2. The van der Waals surface area contributed by atoms with Crippen LogP contribution < -0.4 is 15.9 Å². The van der Waals surface area contributed by atoms with Gasteiger partial charge in [0.25, 0.3) is 5.91 Å². The Morgan fingerprint density at radius 3 is 2.96 bits per heavy atom. The number of imidazole rings is 1. The predicted molar refractivity (Wildman–Crippen MR) is 98.9 cm³/mol. The number of aromatic amines is 1. The van der Waals surface area contributed by atoms with Crippen LogP contribution >= 0.6 is 0 Å². The summed E-state index contributed by atoms with van der Waals surface area (Å²) >= 11 is 0. The fourth-order valence-corrected chi connectivity index (χ4v) is 3.22. The maximum Gasteiger partial charge on any atom is 0.333 e. The first-order valence-corrected chi connectivity index (χ1v) is 8.79. The van der Waals surface area contributed by atoms with Gasteiger partial charge in [0.15, 0.2) is 5.65 Å². The first kappa shape index (κ1) is 16.3. The summed E-state index contributed by atoms with van der Waals surface area (Å²) < 4.78 is 1.49. The number of unbranched alkanes of at least 4 members (excludes halogenated alkanes) is 1. The predicted octanol–water partition coefficient (Wildman–Crippen LogP) is 1.46. The zero-order valence-electron chi connectivity index (χ0n) is 14.5. The van der Waals surface area contributed by atoms with Crippen molar-refractivity contribution in [1.82, 2.24) is 24.8 Å². The van der Waals surface area contributed by atoms with Gasteiger partial charge in [-0.25, -0.2) is 19.3 Å². The summed E-state index contributed by atoms with van der Waals surface area (Å²) in [7, 11) is 0. The van der Waals surface area contributed by atoms with Crippen molar-refractivity contribution in [2.24, 2.45) is 0 Å². The highest BCUT2D eigenvalue weighted by Gasteiger charge is 2.23. The number of pyridine rings is 2. The van der Waals surface area contributed by atoms with Gasteiger partial charge in [-0.1, -0.05) is 13.3 Å². The van der Waals surface area contributed by atoms with E-state index in [4.69, 9.17) is 4.98 Å². The molecule has 8 heteroatoms. The highest BCUT2D eigenvalue weighted by molar-refractivity contribution is 5.99. The average molecular weight is 352 g/mol. The molecule has 0 bridgehead atoms. The van der Waals surface area contributed by atoms with E-state index in [1.165, 1.54) is 4.57 Å². The van der Waals surface area contributed by atoms with Crippen LogP contribution in [0.25, 0.3) is 17.0 Å². The maximum absolute atomic E-state index is 12.4. The molecule has 0 atom stereocenters. The number of nitrogens with one attached hydrogen (secondary N) is 2. The molecule has 1 amide bonds. The van der Waals surface area contributed by atoms with Gasteiger partial charge in [-0.15, -0.1) is 0 Å². The lowest BCUT2D eigenvalue weighted by atomic mass is 10.2. The summed E-state index contributed by atoms with van der Waals surface area (Å²) in [6, 6.07) is 7.02. The Bertz CT molecular complexity index is 1020. The van der Waals surface area contributed by atoms with Gasteiger partial charge in [0.1, 0.15) is 11.6 Å². The van der Waals surface area contributed by atoms with E-state index in [0.717, 1.165) is 19.4 Å². The lowest BCUT2D eigenvalue weighted by Gasteiger charge is -2.23. The van der Waals surface area contributed by atoms with E-state index in [2.05, 4.69) is 27.1 Å². The zero-order valence-corrected chi connectivity index (χ0v) is 14.5. The minimum atomic E-state index is -0.302. The topological polar surface area (TPSA) is 95.9 Å². The van der Waals surface area contributed by atoms with E-state index in [9.17, 15) is 9.59 Å². The number of aromatic nitrogens is 4. The Balaban J connectivity index is 1.87. The van der Waals surface area contributed by atoms with E-state index in [1.807, 2.05) is 6.07 Å². The molecule has 1 aliphatic heterocycles. The third-order valence-corrected chi connectivity index (χ3v) is 4.54. The number of H-pyrrole nitrogens is 1. The summed E-state index contributed by atoms with van der Waals surface area (Å²) in [5.74, 6) is 0.964. The molecule has 0 fully saturated rings. The summed E-state index contributed by atoms with van der Waals surface area (Å²) in [6.07, 6.45) is 3.70. The molecule has 26 heavy (non-hydrogen) atoms. The second-order valence-corrected chi connectivity index (χ2v) is 6.27. The van der Waals surface area contributed by atoms with Crippen LogP contribution in [0, 0.1) is 0 Å². The van der Waals surface area contributed by atoms with Crippen molar-refractivity contribution in [3.8, 4) is 5.82 Å². The Kier molecular flexibility index (Phi) is 4.16. The van der Waals surface area contributed by atoms with Gasteiger partial charge in [-0.3, -0.25) is 9.78 Å². The molecule has 2 N–H and O–H groups in total. The van der Waals surface area contributed by atoms with Crippen molar-refractivity contribution in [1.29, 1.82) is 0 Å². The smallest absolute Gasteiger partial charge is 0.333 e. The summed E-state index contributed by atoms with van der Waals surface area (Å²) in [5.41, 5.74) is 1.40. The normalized spacial score (nSPS) is 14.2. The van der Waals surface area contributed by atoms with Crippen LogP contribution in [0.5, 0.6) is 0 Å². The standard InChI is InChI=1S/C18H20N6O2/c1-2-3-10-23-11-9-20-17(25)12-6-7-14(21-16(12)23)24-13-5-4-8-19-15(13)22-18(24)26/h4-8H,2-3,9-11H2,1H3,(H,20,25)(H,19,22,26). The second kappa shape index (κ2) is 6.62. The van der Waals surface area contributed by atoms with Gasteiger partial charge < -0.3 is 10.2 Å². The van der Waals surface area contributed by atoms with Crippen molar-refractivity contribution in [3.05, 3.63) is 46.5 Å². The fraction of sp³-hybridized carbons (Fsp3) is 0.333. The molecule has 8 nitrogen and oxygen atoms in total. The zero-order chi connectivity index (χ0) is 18.1. The second-order valence-electron chi connectivity index (χ2n) is 6.27. The van der Waals surface area contributed by atoms with Crippen LogP contribution in [-0.4, -0.2) is 45.1 Å². The van der Waals surface area contributed by atoms with Crippen molar-refractivity contribution in [3.63, 3.8) is 0 Å². The van der Waals surface area contributed by atoms with Gasteiger partial charge in [0, 0.05) is 25.8 Å². The summed E-state index contributed by atoms with van der Waals surface area (Å²) in [4.78, 5) is 38.5. The van der Waals surface area contributed by atoms with E-state index in [1.54, 1.807) is 24.4 Å². The number of hydrogen-bond donors (Lipinski definition) is 2. The minimum Gasteiger partial charge on any atom is -0.354 e. The minimum absolute atomic E-state index is 0.133. The average Bonchev–Trinajstić information content (AvgIpc) is 2.90. The SMILES string of the molecule is CCCCN1CCNC(=O)c2ccc(-n3c(=O)[nH]c4ncccc43)nc21. The molecule has 0 aliphatic carbocycles. The van der Waals surface area contributed by atoms with Crippen molar-refractivity contribution in [2.45, 2.75) is 19.8 Å². The number of amides is 1. The van der Waals surface area contributed by atoms with Crippen LogP contribution in [0.4, 0.5) is 5.82 Å². The van der Waals surface area contributed by atoms with Gasteiger partial charge in [0.2, 0.25) is 0 Å². The largest absolute Gasteiger partial charge is 0.354 e. The number of carbonyl (C=O) groups is 1. The highest BCUT2D eigenvalue weighted by Crippen LogP contribution is 2.23. The number of rotatable bonds is 4. The first-order valence-electron chi connectivity index (χ1n) is 8.79. The van der Waals surface area contributed by atoms with Crippen molar-refractivity contribution in [2.75, 3.05) is 24.5 Å². The lowest BCUT2D eigenvalue weighted by molar-refractivity contribution is 0.0958. The Morgan fingerprint density at radius 2 is 2.12 bits per heavy atom. The van der Waals surface area contributed by atoms with E-state index >= 15 is 0 Å². The van der Waals surface area contributed by atoms with Gasteiger partial charge in [-0.05, 0) is 30.7 Å². The van der Waals surface area contributed by atoms with Gasteiger partial charge in [0.05, 0.1) is 11.1 Å². The van der Waals surface area contributed by atoms with Crippen molar-refractivity contribution >= 4 is 22.9 Å². The van der Waals surface area contributed by atoms with Crippen LogP contribution in [0.15, 0.2) is 35.3 Å². The summed E-state index contributed by atoms with van der Waals surface area (Å²) in [5, 5.41) is 2.90. The molecule has 0 spiro atoms.